The summed E-state index contributed by atoms with van der Waals surface area (Å²) in [6, 6.07) is 62.1. The van der Waals surface area contributed by atoms with Gasteiger partial charge in [0.05, 0.1) is 5.41 Å². The van der Waals surface area contributed by atoms with E-state index >= 15 is 0 Å². The van der Waals surface area contributed by atoms with Crippen LogP contribution in [0, 0.1) is 0 Å². The van der Waals surface area contributed by atoms with Crippen molar-refractivity contribution in [2.75, 3.05) is 0 Å². The monoisotopic (exact) mass is 584 g/mol. The molecule has 0 spiro atoms. The molecule has 0 radical (unpaired) electrons. The van der Waals surface area contributed by atoms with Crippen LogP contribution in [0.3, 0.4) is 0 Å². The maximum atomic E-state index is 6.45. The van der Waals surface area contributed by atoms with Crippen LogP contribution < -0.4 is 4.74 Å². The van der Waals surface area contributed by atoms with Crippen molar-refractivity contribution >= 4 is 21.5 Å². The largest absolute Gasteiger partial charge is 0.456 e. The molecule has 1 aliphatic heterocycles. The minimum atomic E-state index is -0.496. The second-order valence-electron chi connectivity index (χ2n) is 12.4. The van der Waals surface area contributed by atoms with E-state index in [2.05, 4.69) is 170 Å². The maximum absolute atomic E-state index is 6.45. The number of benzene rings is 8. The molecule has 0 N–H and O–H groups in total. The molecule has 8 aromatic carbocycles. The zero-order valence-electron chi connectivity index (χ0n) is 25.1. The summed E-state index contributed by atoms with van der Waals surface area (Å²) >= 11 is 0. The zero-order chi connectivity index (χ0) is 30.2. The highest BCUT2D eigenvalue weighted by atomic mass is 16.5. The van der Waals surface area contributed by atoms with Crippen molar-refractivity contribution in [3.8, 4) is 44.9 Å². The highest BCUT2D eigenvalue weighted by Gasteiger charge is 2.47. The molecule has 46 heavy (non-hydrogen) atoms. The van der Waals surface area contributed by atoms with Gasteiger partial charge in [0.2, 0.25) is 0 Å². The molecule has 0 amide bonds. The molecule has 0 unspecified atom stereocenters. The third-order valence-corrected chi connectivity index (χ3v) is 10.1. The van der Waals surface area contributed by atoms with Gasteiger partial charge in [0.25, 0.3) is 0 Å². The van der Waals surface area contributed by atoms with E-state index in [1.54, 1.807) is 0 Å². The fourth-order valence-electron chi connectivity index (χ4n) is 8.27. The second-order valence-corrected chi connectivity index (χ2v) is 12.4. The molecule has 1 heteroatoms. The first-order chi connectivity index (χ1) is 22.8. The number of fused-ring (bicyclic) bond motifs is 7. The number of hydrogen-bond donors (Lipinski definition) is 0. The lowest BCUT2D eigenvalue weighted by molar-refractivity contribution is 0.487. The fourth-order valence-corrected chi connectivity index (χ4v) is 8.27. The van der Waals surface area contributed by atoms with Crippen LogP contribution >= 0.6 is 0 Å². The van der Waals surface area contributed by atoms with Crippen molar-refractivity contribution in [2.45, 2.75) is 5.41 Å². The average Bonchev–Trinajstić information content (AvgIpc) is 3.43. The summed E-state index contributed by atoms with van der Waals surface area (Å²) in [4.78, 5) is 0. The van der Waals surface area contributed by atoms with E-state index in [0.29, 0.717) is 0 Å². The van der Waals surface area contributed by atoms with Crippen molar-refractivity contribution < 1.29 is 4.74 Å². The van der Waals surface area contributed by atoms with Gasteiger partial charge in [-0.25, -0.2) is 0 Å². The molecular weight excluding hydrogens is 556 g/mol. The van der Waals surface area contributed by atoms with Gasteiger partial charge in [-0.1, -0.05) is 152 Å². The Labute approximate surface area is 268 Å². The molecular formula is C45H28O. The smallest absolute Gasteiger partial charge is 0.135 e. The van der Waals surface area contributed by atoms with E-state index in [9.17, 15) is 0 Å². The van der Waals surface area contributed by atoms with Gasteiger partial charge in [0.1, 0.15) is 11.5 Å². The van der Waals surface area contributed by atoms with Crippen LogP contribution in [0.15, 0.2) is 170 Å². The predicted molar refractivity (Wildman–Crippen MR) is 190 cm³/mol. The first-order valence-corrected chi connectivity index (χ1v) is 15.9. The average molecular weight is 585 g/mol. The quantitative estimate of drug-likeness (QED) is 0.201. The summed E-state index contributed by atoms with van der Waals surface area (Å²) in [5.41, 5.74) is 12.1. The van der Waals surface area contributed by atoms with Crippen molar-refractivity contribution in [3.05, 3.63) is 192 Å². The number of para-hydroxylation sites is 1. The van der Waals surface area contributed by atoms with Crippen LogP contribution in [0.25, 0.3) is 54.9 Å². The van der Waals surface area contributed by atoms with E-state index < -0.39 is 5.41 Å². The SMILES string of the molecule is c1ccc(C2(c3ccccc3)c3cc(-c4ccc5cccc6c5c4-c4ccccc4O6)ccc3-c3ccc4ccccc4c32)cc1. The lowest BCUT2D eigenvalue weighted by Gasteiger charge is -2.35. The van der Waals surface area contributed by atoms with Crippen molar-refractivity contribution in [1.29, 1.82) is 0 Å². The Kier molecular flexibility index (Phi) is 5.27. The molecule has 8 aromatic rings. The van der Waals surface area contributed by atoms with E-state index in [1.807, 2.05) is 0 Å². The van der Waals surface area contributed by atoms with Crippen LogP contribution in [-0.4, -0.2) is 0 Å². The second kappa shape index (κ2) is 9.54. The molecule has 0 atom stereocenters. The Morgan fingerprint density at radius 2 is 1.04 bits per heavy atom. The molecule has 0 fully saturated rings. The van der Waals surface area contributed by atoms with Gasteiger partial charge in [-0.3, -0.25) is 0 Å². The predicted octanol–water partition coefficient (Wildman–Crippen LogP) is 11.8. The summed E-state index contributed by atoms with van der Waals surface area (Å²) in [6.07, 6.45) is 0. The van der Waals surface area contributed by atoms with Gasteiger partial charge in [0, 0.05) is 16.5 Å². The van der Waals surface area contributed by atoms with Gasteiger partial charge in [-0.05, 0) is 78.9 Å². The van der Waals surface area contributed by atoms with Crippen molar-refractivity contribution in [3.63, 3.8) is 0 Å². The standard InChI is InChI=1S/C45H28O/c1-3-14-32(15-4-1)45(33-16-5-2-6-17-33)39-28-31(24-26-36(39)37-27-22-29-12-7-8-18-35(29)44(37)45)34-25-23-30-13-11-21-41-42(30)43(34)38-19-9-10-20-40(38)46-41/h1-28H. The Bertz CT molecular complexity index is 2450. The van der Waals surface area contributed by atoms with E-state index in [0.717, 1.165) is 17.1 Å². The first-order valence-electron chi connectivity index (χ1n) is 15.9. The third-order valence-electron chi connectivity index (χ3n) is 10.1. The third kappa shape index (κ3) is 3.35. The lowest BCUT2D eigenvalue weighted by atomic mass is 9.66. The summed E-state index contributed by atoms with van der Waals surface area (Å²) < 4.78 is 6.45. The molecule has 1 nitrogen and oxygen atoms in total. The fraction of sp³-hybridized carbons (Fsp3) is 0.0222. The Balaban J connectivity index is 1.34. The Morgan fingerprint density at radius 3 is 1.87 bits per heavy atom. The maximum Gasteiger partial charge on any atom is 0.135 e. The zero-order valence-corrected chi connectivity index (χ0v) is 25.1. The van der Waals surface area contributed by atoms with Crippen molar-refractivity contribution in [2.24, 2.45) is 0 Å². The lowest BCUT2D eigenvalue weighted by Crippen LogP contribution is -2.28. The molecule has 2 aliphatic rings. The molecule has 1 heterocycles. The number of hydrogen-bond acceptors (Lipinski definition) is 1. The highest BCUT2D eigenvalue weighted by Crippen LogP contribution is 2.59. The highest BCUT2D eigenvalue weighted by molar-refractivity contribution is 6.10. The number of rotatable bonds is 3. The van der Waals surface area contributed by atoms with E-state index in [-0.39, 0.29) is 0 Å². The summed E-state index contributed by atoms with van der Waals surface area (Å²) in [5, 5.41) is 4.91. The van der Waals surface area contributed by atoms with Crippen LogP contribution in [0.2, 0.25) is 0 Å². The van der Waals surface area contributed by atoms with Crippen molar-refractivity contribution in [1.82, 2.24) is 0 Å². The molecule has 1 aliphatic carbocycles. The van der Waals surface area contributed by atoms with Gasteiger partial charge in [-0.2, -0.15) is 0 Å². The molecule has 10 rings (SSSR count). The molecule has 0 saturated heterocycles. The van der Waals surface area contributed by atoms with Gasteiger partial charge in [0.15, 0.2) is 0 Å². The topological polar surface area (TPSA) is 9.23 Å². The Morgan fingerprint density at radius 1 is 0.413 bits per heavy atom. The minimum Gasteiger partial charge on any atom is -0.456 e. The van der Waals surface area contributed by atoms with Gasteiger partial charge in [-0.15, -0.1) is 0 Å². The van der Waals surface area contributed by atoms with E-state index in [1.165, 1.54) is 71.6 Å². The van der Waals surface area contributed by atoms with E-state index in [4.69, 9.17) is 4.74 Å². The molecule has 0 aromatic heterocycles. The molecule has 0 bridgehead atoms. The van der Waals surface area contributed by atoms with Crippen LogP contribution in [-0.2, 0) is 5.41 Å². The Hall–Kier alpha value is -5.92. The molecule has 0 saturated carbocycles. The first kappa shape index (κ1) is 25.4. The van der Waals surface area contributed by atoms with Crippen LogP contribution in [0.1, 0.15) is 22.3 Å². The van der Waals surface area contributed by atoms with Crippen LogP contribution in [0.4, 0.5) is 0 Å². The van der Waals surface area contributed by atoms with Gasteiger partial charge < -0.3 is 4.74 Å². The minimum absolute atomic E-state index is 0.496. The normalized spacial score (nSPS) is 13.6. The molecule has 214 valence electrons. The van der Waals surface area contributed by atoms with Gasteiger partial charge >= 0.3 is 0 Å². The summed E-state index contributed by atoms with van der Waals surface area (Å²) in [7, 11) is 0. The summed E-state index contributed by atoms with van der Waals surface area (Å²) in [5.74, 6) is 1.81. The number of ether oxygens (including phenoxy) is 1. The van der Waals surface area contributed by atoms with Crippen LogP contribution in [0.5, 0.6) is 11.5 Å². The summed E-state index contributed by atoms with van der Waals surface area (Å²) in [6.45, 7) is 0.